The molecule has 0 radical (unpaired) electrons. The SMILES string of the molecule is COc1ccc(OC)c(NC(=O)CN2CCN(c3ccccc3F)C2=O)c1. The highest BCUT2D eigenvalue weighted by molar-refractivity contribution is 6.00. The molecule has 0 spiro atoms. The number of methoxy groups -OCH3 is 2. The van der Waals surface area contributed by atoms with Crippen LogP contribution in [-0.2, 0) is 4.79 Å². The van der Waals surface area contributed by atoms with E-state index >= 15 is 0 Å². The van der Waals surface area contributed by atoms with Crippen LogP contribution in [0.25, 0.3) is 0 Å². The molecule has 2 aromatic rings. The summed E-state index contributed by atoms with van der Waals surface area (Å²) in [5.74, 6) is 0.183. The second kappa shape index (κ2) is 7.94. The molecule has 3 rings (SSSR count). The number of amides is 3. The lowest BCUT2D eigenvalue weighted by molar-refractivity contribution is -0.116. The second-order valence-electron chi connectivity index (χ2n) is 5.92. The van der Waals surface area contributed by atoms with E-state index in [9.17, 15) is 14.0 Å². The van der Waals surface area contributed by atoms with Crippen molar-refractivity contribution in [2.24, 2.45) is 0 Å². The quantitative estimate of drug-likeness (QED) is 0.845. The summed E-state index contributed by atoms with van der Waals surface area (Å²) in [6.45, 7) is 0.496. The van der Waals surface area contributed by atoms with Crippen LogP contribution >= 0.6 is 0 Å². The molecule has 0 atom stereocenters. The lowest BCUT2D eigenvalue weighted by Crippen LogP contribution is -2.37. The average Bonchev–Trinajstić information content (AvgIpc) is 3.02. The summed E-state index contributed by atoms with van der Waals surface area (Å²) in [6.07, 6.45) is 0. The fourth-order valence-corrected chi connectivity index (χ4v) is 2.90. The Morgan fingerprint density at radius 1 is 1.15 bits per heavy atom. The van der Waals surface area contributed by atoms with E-state index in [0.29, 0.717) is 30.3 Å². The van der Waals surface area contributed by atoms with Gasteiger partial charge in [0.25, 0.3) is 0 Å². The van der Waals surface area contributed by atoms with Crippen molar-refractivity contribution in [1.82, 2.24) is 4.90 Å². The maximum atomic E-state index is 13.9. The standard InChI is InChI=1S/C19H20FN3O4/c1-26-13-7-8-17(27-2)15(11-13)21-18(24)12-22-9-10-23(19(22)25)16-6-4-3-5-14(16)20/h3-8,11H,9-10,12H2,1-2H3,(H,21,24). The van der Waals surface area contributed by atoms with Crippen LogP contribution in [0.15, 0.2) is 42.5 Å². The molecule has 1 fully saturated rings. The van der Waals surface area contributed by atoms with Gasteiger partial charge in [0, 0.05) is 19.2 Å². The van der Waals surface area contributed by atoms with E-state index < -0.39 is 11.8 Å². The predicted molar refractivity (Wildman–Crippen MR) is 98.9 cm³/mol. The van der Waals surface area contributed by atoms with Crippen LogP contribution in [0.4, 0.5) is 20.6 Å². The Bertz CT molecular complexity index is 859. The largest absolute Gasteiger partial charge is 0.497 e. The van der Waals surface area contributed by atoms with E-state index in [1.165, 1.54) is 36.2 Å². The number of hydrogen-bond donors (Lipinski definition) is 1. The fraction of sp³-hybridized carbons (Fsp3) is 0.263. The summed E-state index contributed by atoms with van der Waals surface area (Å²) in [7, 11) is 3.02. The molecule has 1 saturated heterocycles. The van der Waals surface area contributed by atoms with Gasteiger partial charge < -0.3 is 19.7 Å². The Morgan fingerprint density at radius 2 is 1.93 bits per heavy atom. The van der Waals surface area contributed by atoms with Crippen LogP contribution in [0.2, 0.25) is 0 Å². The molecule has 3 amide bonds. The summed E-state index contributed by atoms with van der Waals surface area (Å²) >= 11 is 0. The number of benzene rings is 2. The lowest BCUT2D eigenvalue weighted by atomic mass is 10.2. The van der Waals surface area contributed by atoms with E-state index in [0.717, 1.165) is 0 Å². The van der Waals surface area contributed by atoms with Crippen molar-refractivity contribution in [3.63, 3.8) is 0 Å². The monoisotopic (exact) mass is 373 g/mol. The minimum atomic E-state index is -0.474. The third-order valence-electron chi connectivity index (χ3n) is 4.25. The number of urea groups is 1. The normalized spacial score (nSPS) is 13.7. The molecule has 0 aliphatic carbocycles. The van der Waals surface area contributed by atoms with E-state index in [2.05, 4.69) is 5.32 Å². The Hall–Kier alpha value is -3.29. The van der Waals surface area contributed by atoms with Crippen molar-refractivity contribution < 1.29 is 23.5 Å². The molecular formula is C19H20FN3O4. The molecule has 0 saturated carbocycles. The Balaban J connectivity index is 1.67. The number of carbonyl (C=O) groups excluding carboxylic acids is 2. The third kappa shape index (κ3) is 3.94. The molecule has 0 unspecified atom stereocenters. The van der Waals surface area contributed by atoms with E-state index in [1.807, 2.05) is 0 Å². The van der Waals surface area contributed by atoms with Crippen LogP contribution in [0.1, 0.15) is 0 Å². The minimum Gasteiger partial charge on any atom is -0.497 e. The van der Waals surface area contributed by atoms with Gasteiger partial charge in [0.2, 0.25) is 5.91 Å². The average molecular weight is 373 g/mol. The molecule has 2 aromatic carbocycles. The van der Waals surface area contributed by atoms with Crippen LogP contribution in [0, 0.1) is 5.82 Å². The number of rotatable bonds is 6. The molecule has 1 aliphatic rings. The Kier molecular flexibility index (Phi) is 5.44. The highest BCUT2D eigenvalue weighted by atomic mass is 19.1. The Morgan fingerprint density at radius 3 is 2.63 bits per heavy atom. The van der Waals surface area contributed by atoms with Gasteiger partial charge in [0.05, 0.1) is 25.6 Å². The number of hydrogen-bond acceptors (Lipinski definition) is 4. The molecule has 0 bridgehead atoms. The first kappa shape index (κ1) is 18.5. The lowest BCUT2D eigenvalue weighted by Gasteiger charge is -2.19. The number of halogens is 1. The van der Waals surface area contributed by atoms with Crippen molar-refractivity contribution in [1.29, 1.82) is 0 Å². The second-order valence-corrected chi connectivity index (χ2v) is 5.92. The minimum absolute atomic E-state index is 0.149. The zero-order valence-corrected chi connectivity index (χ0v) is 15.1. The smallest absolute Gasteiger partial charge is 0.325 e. The zero-order chi connectivity index (χ0) is 19.4. The Labute approximate surface area is 156 Å². The first-order valence-electron chi connectivity index (χ1n) is 8.36. The first-order valence-corrected chi connectivity index (χ1v) is 8.36. The molecule has 0 aromatic heterocycles. The van der Waals surface area contributed by atoms with Gasteiger partial charge in [0.15, 0.2) is 0 Å². The number of anilines is 2. The van der Waals surface area contributed by atoms with Crippen LogP contribution in [0.5, 0.6) is 11.5 Å². The van der Waals surface area contributed by atoms with Gasteiger partial charge in [-0.1, -0.05) is 12.1 Å². The van der Waals surface area contributed by atoms with Crippen molar-refractivity contribution >= 4 is 23.3 Å². The summed E-state index contributed by atoms with van der Waals surface area (Å²) in [4.78, 5) is 27.6. The highest BCUT2D eigenvalue weighted by Crippen LogP contribution is 2.29. The molecule has 8 heteroatoms. The molecule has 142 valence electrons. The molecule has 7 nitrogen and oxygen atoms in total. The maximum Gasteiger partial charge on any atom is 0.325 e. The molecule has 1 aliphatic heterocycles. The maximum absolute atomic E-state index is 13.9. The van der Waals surface area contributed by atoms with Gasteiger partial charge in [-0.3, -0.25) is 9.69 Å². The number of nitrogens with zero attached hydrogens (tertiary/aromatic N) is 2. The molecule has 1 heterocycles. The molecule has 27 heavy (non-hydrogen) atoms. The zero-order valence-electron chi connectivity index (χ0n) is 15.1. The van der Waals surface area contributed by atoms with Crippen molar-refractivity contribution in [2.75, 3.05) is 44.1 Å². The molecular weight excluding hydrogens is 353 g/mol. The van der Waals surface area contributed by atoms with Gasteiger partial charge >= 0.3 is 6.03 Å². The van der Waals surface area contributed by atoms with Crippen LogP contribution in [0.3, 0.4) is 0 Å². The summed E-state index contributed by atoms with van der Waals surface area (Å²) < 4.78 is 24.3. The summed E-state index contributed by atoms with van der Waals surface area (Å²) in [5.41, 5.74) is 0.652. The highest BCUT2D eigenvalue weighted by Gasteiger charge is 2.32. The van der Waals surface area contributed by atoms with Crippen molar-refractivity contribution in [3.05, 3.63) is 48.3 Å². The fourth-order valence-electron chi connectivity index (χ4n) is 2.90. The van der Waals surface area contributed by atoms with Gasteiger partial charge in [-0.25, -0.2) is 9.18 Å². The number of ether oxygens (including phenoxy) is 2. The van der Waals surface area contributed by atoms with Crippen molar-refractivity contribution in [2.45, 2.75) is 0 Å². The van der Waals surface area contributed by atoms with Gasteiger partial charge in [-0.15, -0.1) is 0 Å². The number of para-hydroxylation sites is 1. The first-order chi connectivity index (χ1) is 13.0. The summed E-state index contributed by atoms with van der Waals surface area (Å²) in [5, 5.41) is 2.72. The van der Waals surface area contributed by atoms with Gasteiger partial charge in [-0.2, -0.15) is 0 Å². The molecule has 1 N–H and O–H groups in total. The van der Waals surface area contributed by atoms with Crippen molar-refractivity contribution in [3.8, 4) is 11.5 Å². The van der Waals surface area contributed by atoms with Gasteiger partial charge in [-0.05, 0) is 24.3 Å². The van der Waals surface area contributed by atoms with E-state index in [4.69, 9.17) is 9.47 Å². The number of carbonyl (C=O) groups is 2. The summed E-state index contributed by atoms with van der Waals surface area (Å²) in [6, 6.07) is 10.7. The number of nitrogens with one attached hydrogen (secondary N) is 1. The van der Waals surface area contributed by atoms with Crippen LogP contribution < -0.4 is 19.7 Å². The predicted octanol–water partition coefficient (Wildman–Crippen LogP) is 2.72. The van der Waals surface area contributed by atoms with E-state index in [-0.39, 0.29) is 18.1 Å². The third-order valence-corrected chi connectivity index (χ3v) is 4.25. The topological polar surface area (TPSA) is 71.1 Å². The van der Waals surface area contributed by atoms with Gasteiger partial charge in [0.1, 0.15) is 23.9 Å². The van der Waals surface area contributed by atoms with Crippen LogP contribution in [-0.4, -0.2) is 50.7 Å². The van der Waals surface area contributed by atoms with E-state index in [1.54, 1.807) is 30.3 Å².